The standard InChI is InChI=1S/C13H16N2O2.Pt/c1-9(16)14-6-5-10-8-15-13-4-3-11(17-2)7-12(10)13;/h3-4,7-8,15H,5-6H2,1-2H3,(H,14,16);. The molecule has 100 valence electrons. The van der Waals surface area contributed by atoms with E-state index in [9.17, 15) is 4.79 Å². The summed E-state index contributed by atoms with van der Waals surface area (Å²) in [6, 6.07) is 5.93. The van der Waals surface area contributed by atoms with E-state index in [0.717, 1.165) is 23.1 Å². The zero-order valence-corrected chi connectivity index (χ0v) is 12.6. The number of ether oxygens (including phenoxy) is 1. The Morgan fingerprint density at radius 3 is 2.89 bits per heavy atom. The van der Waals surface area contributed by atoms with Gasteiger partial charge in [-0.15, -0.1) is 0 Å². The molecule has 2 aromatic rings. The van der Waals surface area contributed by atoms with Crippen molar-refractivity contribution >= 4 is 16.8 Å². The molecule has 1 aromatic heterocycles. The number of fused-ring (bicyclic) bond motifs is 1. The molecule has 0 aliphatic heterocycles. The van der Waals surface area contributed by atoms with Gasteiger partial charge in [0.1, 0.15) is 5.75 Å². The van der Waals surface area contributed by atoms with E-state index >= 15 is 0 Å². The Morgan fingerprint density at radius 2 is 2.22 bits per heavy atom. The number of carbonyl (C=O) groups excluding carboxylic acids is 1. The number of aromatic amines is 1. The quantitative estimate of drug-likeness (QED) is 0.783. The Balaban J connectivity index is 0.00000162. The number of nitrogens with one attached hydrogen (secondary N) is 2. The van der Waals surface area contributed by atoms with Crippen LogP contribution in [0.4, 0.5) is 0 Å². The van der Waals surface area contributed by atoms with E-state index in [1.807, 2.05) is 24.4 Å². The van der Waals surface area contributed by atoms with Gasteiger partial charge in [-0.3, -0.25) is 4.79 Å². The number of amides is 1. The second-order valence-corrected chi connectivity index (χ2v) is 3.96. The van der Waals surface area contributed by atoms with E-state index in [2.05, 4.69) is 10.3 Å². The fraction of sp³-hybridized carbons (Fsp3) is 0.308. The van der Waals surface area contributed by atoms with Gasteiger partial charge in [0, 0.05) is 51.6 Å². The number of aromatic nitrogens is 1. The number of rotatable bonds is 4. The topological polar surface area (TPSA) is 54.1 Å². The van der Waals surface area contributed by atoms with Crippen LogP contribution in [0.1, 0.15) is 12.5 Å². The van der Waals surface area contributed by atoms with Gasteiger partial charge in [0.15, 0.2) is 0 Å². The van der Waals surface area contributed by atoms with Crippen LogP contribution in [0.2, 0.25) is 0 Å². The molecule has 0 bridgehead atoms. The molecule has 2 N–H and O–H groups in total. The van der Waals surface area contributed by atoms with E-state index in [1.54, 1.807) is 7.11 Å². The average molecular weight is 427 g/mol. The number of hydrogen-bond acceptors (Lipinski definition) is 2. The molecule has 0 radical (unpaired) electrons. The van der Waals surface area contributed by atoms with E-state index in [1.165, 1.54) is 12.5 Å². The molecule has 5 heteroatoms. The fourth-order valence-corrected chi connectivity index (χ4v) is 1.86. The minimum Gasteiger partial charge on any atom is -0.497 e. The first-order valence-electron chi connectivity index (χ1n) is 5.59. The van der Waals surface area contributed by atoms with E-state index in [0.29, 0.717) is 6.54 Å². The predicted octanol–water partition coefficient (Wildman–Crippen LogP) is 1.85. The molecule has 0 aliphatic carbocycles. The summed E-state index contributed by atoms with van der Waals surface area (Å²) >= 11 is 0. The summed E-state index contributed by atoms with van der Waals surface area (Å²) < 4.78 is 5.21. The summed E-state index contributed by atoms with van der Waals surface area (Å²) in [5.41, 5.74) is 2.27. The van der Waals surface area contributed by atoms with Crippen LogP contribution >= 0.6 is 0 Å². The van der Waals surface area contributed by atoms with Crippen molar-refractivity contribution in [1.82, 2.24) is 10.3 Å². The van der Waals surface area contributed by atoms with Gasteiger partial charge in [-0.2, -0.15) is 0 Å². The number of methoxy groups -OCH3 is 1. The molecule has 0 unspecified atom stereocenters. The molecule has 0 fully saturated rings. The monoisotopic (exact) mass is 427 g/mol. The van der Waals surface area contributed by atoms with Crippen LogP contribution in [0.15, 0.2) is 24.4 Å². The molecule has 4 nitrogen and oxygen atoms in total. The number of benzene rings is 1. The summed E-state index contributed by atoms with van der Waals surface area (Å²) in [6.45, 7) is 2.18. The van der Waals surface area contributed by atoms with Crippen molar-refractivity contribution in [2.45, 2.75) is 13.3 Å². The average Bonchev–Trinajstić information content (AvgIpc) is 2.71. The first kappa shape index (κ1) is 14.8. The zero-order valence-electron chi connectivity index (χ0n) is 10.4. The van der Waals surface area contributed by atoms with Crippen LogP contribution in [0.3, 0.4) is 0 Å². The van der Waals surface area contributed by atoms with Crippen LogP contribution in [0.5, 0.6) is 5.75 Å². The molecule has 0 saturated carbocycles. The maximum Gasteiger partial charge on any atom is 0.216 e. The summed E-state index contributed by atoms with van der Waals surface area (Å²) in [6.07, 6.45) is 2.79. The molecule has 1 aromatic carbocycles. The molecule has 0 aliphatic rings. The van der Waals surface area contributed by atoms with Gasteiger partial charge in [0.25, 0.3) is 0 Å². The molecule has 0 spiro atoms. The summed E-state index contributed by atoms with van der Waals surface area (Å²) in [4.78, 5) is 14.0. The number of carbonyl (C=O) groups is 1. The van der Waals surface area contributed by atoms with Crippen molar-refractivity contribution in [2.75, 3.05) is 13.7 Å². The molecule has 2 rings (SSSR count). The van der Waals surface area contributed by atoms with Crippen LogP contribution in [-0.2, 0) is 32.3 Å². The first-order valence-corrected chi connectivity index (χ1v) is 5.59. The Bertz CT molecular complexity index is 537. The number of hydrogen-bond donors (Lipinski definition) is 2. The van der Waals surface area contributed by atoms with Crippen molar-refractivity contribution in [3.8, 4) is 5.75 Å². The van der Waals surface area contributed by atoms with E-state index < -0.39 is 0 Å². The summed E-state index contributed by atoms with van der Waals surface area (Å²) in [5.74, 6) is 0.847. The predicted molar refractivity (Wildman–Crippen MR) is 67.2 cm³/mol. The Labute approximate surface area is 120 Å². The molecular weight excluding hydrogens is 411 g/mol. The second kappa shape index (κ2) is 6.60. The number of H-pyrrole nitrogens is 1. The maximum atomic E-state index is 10.8. The van der Waals surface area contributed by atoms with Crippen LogP contribution in [0, 0.1) is 0 Å². The van der Waals surface area contributed by atoms with Gasteiger partial charge >= 0.3 is 0 Å². The minimum absolute atomic E-state index is 0. The van der Waals surface area contributed by atoms with Gasteiger partial charge in [-0.05, 0) is 30.2 Å². The first-order chi connectivity index (χ1) is 8.20. The third-order valence-electron chi connectivity index (χ3n) is 2.74. The molecule has 0 atom stereocenters. The second-order valence-electron chi connectivity index (χ2n) is 3.96. The van der Waals surface area contributed by atoms with E-state index in [4.69, 9.17) is 4.74 Å². The Kier molecular flexibility index (Phi) is 5.42. The minimum atomic E-state index is 0. The van der Waals surface area contributed by atoms with Crippen molar-refractivity contribution in [3.63, 3.8) is 0 Å². The summed E-state index contributed by atoms with van der Waals surface area (Å²) in [5, 5.41) is 3.94. The van der Waals surface area contributed by atoms with Crippen LogP contribution in [0.25, 0.3) is 10.9 Å². The van der Waals surface area contributed by atoms with Gasteiger partial charge in [-0.1, -0.05) is 0 Å². The van der Waals surface area contributed by atoms with Crippen molar-refractivity contribution < 1.29 is 30.6 Å². The fourth-order valence-electron chi connectivity index (χ4n) is 1.86. The largest absolute Gasteiger partial charge is 0.497 e. The van der Waals surface area contributed by atoms with Crippen molar-refractivity contribution in [2.24, 2.45) is 0 Å². The normalized spacial score (nSPS) is 9.89. The smallest absolute Gasteiger partial charge is 0.216 e. The molecular formula is C13H16N2O2Pt. The van der Waals surface area contributed by atoms with Crippen molar-refractivity contribution in [3.05, 3.63) is 30.0 Å². The van der Waals surface area contributed by atoms with Crippen molar-refractivity contribution in [1.29, 1.82) is 0 Å². The van der Waals surface area contributed by atoms with Gasteiger partial charge < -0.3 is 15.0 Å². The molecule has 1 heterocycles. The zero-order chi connectivity index (χ0) is 12.3. The summed E-state index contributed by atoms with van der Waals surface area (Å²) in [7, 11) is 1.66. The molecule has 0 saturated heterocycles. The van der Waals surface area contributed by atoms with Gasteiger partial charge in [-0.25, -0.2) is 0 Å². The van der Waals surface area contributed by atoms with Crippen LogP contribution < -0.4 is 10.1 Å². The maximum absolute atomic E-state index is 10.8. The SMILES string of the molecule is COc1ccc2[nH]cc(CCNC(C)=O)c2c1.[Pt]. The molecule has 18 heavy (non-hydrogen) atoms. The third kappa shape index (κ3) is 3.36. The third-order valence-corrected chi connectivity index (χ3v) is 2.74. The molecule has 1 amide bonds. The van der Waals surface area contributed by atoms with E-state index in [-0.39, 0.29) is 27.0 Å². The van der Waals surface area contributed by atoms with Gasteiger partial charge in [0.2, 0.25) is 5.91 Å². The Hall–Kier alpha value is -1.28. The van der Waals surface area contributed by atoms with Gasteiger partial charge in [0.05, 0.1) is 7.11 Å². The van der Waals surface area contributed by atoms with Crippen LogP contribution in [-0.4, -0.2) is 24.5 Å². The Morgan fingerprint density at radius 1 is 1.44 bits per heavy atom.